The van der Waals surface area contributed by atoms with Gasteiger partial charge in [-0.3, -0.25) is 0 Å². The molecule has 0 radical (unpaired) electrons. The zero-order chi connectivity index (χ0) is 13.1. The van der Waals surface area contributed by atoms with Crippen LogP contribution >= 0.6 is 15.9 Å². The Morgan fingerprint density at radius 1 is 1.35 bits per heavy atom. The minimum atomic E-state index is 0.0880. The molecule has 0 aromatic heterocycles. The van der Waals surface area contributed by atoms with Crippen LogP contribution in [0.4, 0.5) is 0 Å². The molecule has 0 spiro atoms. The first kappa shape index (κ1) is 14.2. The Morgan fingerprint density at radius 3 is 2.47 bits per heavy atom. The highest BCUT2D eigenvalue weighted by Crippen LogP contribution is 2.35. The van der Waals surface area contributed by atoms with E-state index in [0.29, 0.717) is 6.42 Å². The Morgan fingerprint density at radius 2 is 2.00 bits per heavy atom. The summed E-state index contributed by atoms with van der Waals surface area (Å²) >= 11 is 3.53. The van der Waals surface area contributed by atoms with Gasteiger partial charge in [-0.05, 0) is 45.0 Å². The lowest BCUT2D eigenvalue weighted by atomic mass is 9.85. The molecular weight excluding hydrogens is 280 g/mol. The number of carbonyl (C=O) groups is 1. The van der Waals surface area contributed by atoms with E-state index in [4.69, 9.17) is 4.74 Å². The number of benzene rings is 1. The van der Waals surface area contributed by atoms with Crippen molar-refractivity contribution in [1.29, 1.82) is 0 Å². The second kappa shape index (κ2) is 5.67. The molecule has 1 aromatic rings. The van der Waals surface area contributed by atoms with Gasteiger partial charge in [0.2, 0.25) is 0 Å². The molecule has 3 heteroatoms. The fourth-order valence-corrected chi connectivity index (χ4v) is 2.38. The molecule has 0 heterocycles. The van der Waals surface area contributed by atoms with Crippen LogP contribution in [-0.4, -0.2) is 13.4 Å². The molecule has 1 rings (SSSR count). The van der Waals surface area contributed by atoms with Crippen molar-refractivity contribution in [2.45, 2.75) is 39.0 Å². The maximum Gasteiger partial charge on any atom is 0.136 e. The Labute approximate surface area is 111 Å². The maximum atomic E-state index is 10.5. The normalized spacial score (nSPS) is 11.4. The summed E-state index contributed by atoms with van der Waals surface area (Å²) in [6.45, 7) is 6.51. The van der Waals surface area contributed by atoms with Gasteiger partial charge < -0.3 is 9.53 Å². The predicted molar refractivity (Wildman–Crippen MR) is 73.8 cm³/mol. The Hall–Kier alpha value is -0.830. The van der Waals surface area contributed by atoms with Gasteiger partial charge in [0.1, 0.15) is 12.0 Å². The molecule has 0 unspecified atom stereocenters. The number of halogens is 1. The van der Waals surface area contributed by atoms with E-state index in [0.717, 1.165) is 28.5 Å². The highest BCUT2D eigenvalue weighted by molar-refractivity contribution is 9.10. The van der Waals surface area contributed by atoms with Gasteiger partial charge in [-0.2, -0.15) is 0 Å². The average molecular weight is 299 g/mol. The second-order valence-corrected chi connectivity index (χ2v) is 5.96. The summed E-state index contributed by atoms with van der Waals surface area (Å²) in [7, 11) is 1.65. The third-order valence-corrected chi connectivity index (χ3v) is 3.31. The van der Waals surface area contributed by atoms with Crippen molar-refractivity contribution in [3.63, 3.8) is 0 Å². The van der Waals surface area contributed by atoms with Crippen LogP contribution in [0, 0.1) is 0 Å². The summed E-state index contributed by atoms with van der Waals surface area (Å²) in [4.78, 5) is 10.5. The fourth-order valence-electron chi connectivity index (χ4n) is 1.71. The van der Waals surface area contributed by atoms with Gasteiger partial charge in [-0.1, -0.05) is 26.8 Å². The largest absolute Gasteiger partial charge is 0.495 e. The topological polar surface area (TPSA) is 26.3 Å². The number of ether oxygens (including phenoxy) is 1. The van der Waals surface area contributed by atoms with Crippen molar-refractivity contribution >= 4 is 22.2 Å². The van der Waals surface area contributed by atoms with Gasteiger partial charge in [0.25, 0.3) is 0 Å². The monoisotopic (exact) mass is 298 g/mol. The molecule has 2 nitrogen and oxygen atoms in total. The summed E-state index contributed by atoms with van der Waals surface area (Å²) in [5.41, 5.74) is 2.41. The smallest absolute Gasteiger partial charge is 0.136 e. The van der Waals surface area contributed by atoms with E-state index in [9.17, 15) is 4.79 Å². The van der Waals surface area contributed by atoms with Gasteiger partial charge >= 0.3 is 0 Å². The van der Waals surface area contributed by atoms with Crippen LogP contribution in [0.3, 0.4) is 0 Å². The summed E-state index contributed by atoms with van der Waals surface area (Å²) in [6.07, 6.45) is 2.18. The van der Waals surface area contributed by atoms with Gasteiger partial charge in [0, 0.05) is 6.42 Å². The minimum absolute atomic E-state index is 0.0880. The Balaban J connectivity index is 3.23. The first-order chi connectivity index (χ1) is 7.90. The van der Waals surface area contributed by atoms with Crippen molar-refractivity contribution in [1.82, 2.24) is 0 Å². The van der Waals surface area contributed by atoms with Gasteiger partial charge in [0.05, 0.1) is 11.6 Å². The molecule has 94 valence electrons. The van der Waals surface area contributed by atoms with Crippen LogP contribution in [0.2, 0.25) is 0 Å². The summed E-state index contributed by atoms with van der Waals surface area (Å²) < 4.78 is 6.33. The molecule has 0 atom stereocenters. The van der Waals surface area contributed by atoms with Crippen molar-refractivity contribution < 1.29 is 9.53 Å². The van der Waals surface area contributed by atoms with Crippen LogP contribution in [0.5, 0.6) is 5.75 Å². The van der Waals surface area contributed by atoms with E-state index in [1.165, 1.54) is 5.56 Å². The van der Waals surface area contributed by atoms with E-state index in [2.05, 4.69) is 48.8 Å². The highest BCUT2D eigenvalue weighted by Gasteiger charge is 2.18. The van der Waals surface area contributed by atoms with Gasteiger partial charge in [0.15, 0.2) is 0 Å². The number of methoxy groups -OCH3 is 1. The first-order valence-corrected chi connectivity index (χ1v) is 6.50. The van der Waals surface area contributed by atoms with Gasteiger partial charge in [-0.15, -0.1) is 0 Å². The highest BCUT2D eigenvalue weighted by atomic mass is 79.9. The molecule has 0 fully saturated rings. The quantitative estimate of drug-likeness (QED) is 0.789. The number of carbonyl (C=O) groups excluding carboxylic acids is 1. The summed E-state index contributed by atoms with van der Waals surface area (Å²) in [5.74, 6) is 0.833. The van der Waals surface area contributed by atoms with Crippen molar-refractivity contribution in [2.24, 2.45) is 0 Å². The number of hydrogen-bond donors (Lipinski definition) is 0. The zero-order valence-corrected chi connectivity index (χ0v) is 12.4. The van der Waals surface area contributed by atoms with Crippen LogP contribution in [0.15, 0.2) is 16.6 Å². The zero-order valence-electron chi connectivity index (χ0n) is 10.8. The van der Waals surface area contributed by atoms with Crippen molar-refractivity contribution in [2.75, 3.05) is 7.11 Å². The van der Waals surface area contributed by atoms with Crippen LogP contribution in [0.25, 0.3) is 0 Å². The molecule has 0 aliphatic rings. The predicted octanol–water partition coefficient (Wildman–Crippen LogP) is 3.89. The van der Waals surface area contributed by atoms with E-state index in [1.54, 1.807) is 7.11 Å². The van der Waals surface area contributed by atoms with Crippen LogP contribution in [0.1, 0.15) is 38.3 Å². The van der Waals surface area contributed by atoms with Gasteiger partial charge in [-0.25, -0.2) is 0 Å². The minimum Gasteiger partial charge on any atom is -0.495 e. The molecule has 0 amide bonds. The summed E-state index contributed by atoms with van der Waals surface area (Å²) in [6, 6.07) is 4.22. The molecule has 0 N–H and O–H groups in total. The third kappa shape index (κ3) is 3.56. The Kier molecular flexibility index (Phi) is 4.75. The molecule has 0 bridgehead atoms. The molecule has 17 heavy (non-hydrogen) atoms. The third-order valence-electron chi connectivity index (χ3n) is 2.72. The van der Waals surface area contributed by atoms with Crippen molar-refractivity contribution in [3.05, 3.63) is 27.7 Å². The van der Waals surface area contributed by atoms with Crippen molar-refractivity contribution in [3.8, 4) is 5.75 Å². The number of rotatable bonds is 4. The lowest BCUT2D eigenvalue weighted by molar-refractivity contribution is -0.107. The molecule has 0 aliphatic heterocycles. The molecule has 0 saturated heterocycles. The van der Waals surface area contributed by atoms with E-state index in [1.807, 2.05) is 0 Å². The van der Waals surface area contributed by atoms with E-state index >= 15 is 0 Å². The standard InChI is InChI=1S/C14H19BrO2/c1-14(2,3)11-8-10(6-5-7-16)13(17-4)12(15)9-11/h7-9H,5-6H2,1-4H3. The maximum absolute atomic E-state index is 10.5. The molecule has 1 aromatic carbocycles. The lowest BCUT2D eigenvalue weighted by Crippen LogP contribution is -2.12. The SMILES string of the molecule is COc1c(Br)cc(C(C)(C)C)cc1CCC=O. The number of aryl methyl sites for hydroxylation is 1. The fraction of sp³-hybridized carbons (Fsp3) is 0.500. The van der Waals surface area contributed by atoms with E-state index < -0.39 is 0 Å². The lowest BCUT2D eigenvalue weighted by Gasteiger charge is -2.22. The molecular formula is C14H19BrO2. The summed E-state index contributed by atoms with van der Waals surface area (Å²) in [5, 5.41) is 0. The molecule has 0 saturated carbocycles. The number of hydrogen-bond acceptors (Lipinski definition) is 2. The first-order valence-electron chi connectivity index (χ1n) is 5.70. The number of aldehydes is 1. The molecule has 0 aliphatic carbocycles. The second-order valence-electron chi connectivity index (χ2n) is 5.11. The average Bonchev–Trinajstić information content (AvgIpc) is 2.24. The van der Waals surface area contributed by atoms with Crippen LogP contribution in [-0.2, 0) is 16.6 Å². The Bertz CT molecular complexity index is 405. The van der Waals surface area contributed by atoms with Crippen LogP contribution < -0.4 is 4.74 Å². The van der Waals surface area contributed by atoms with E-state index in [-0.39, 0.29) is 5.41 Å².